The molecule has 0 radical (unpaired) electrons. The number of halogens is 3. The summed E-state index contributed by atoms with van der Waals surface area (Å²) in [4.78, 5) is 4.02. The van der Waals surface area contributed by atoms with Crippen molar-refractivity contribution in [3.05, 3.63) is 33.8 Å². The molecule has 2 nitrogen and oxygen atoms in total. The van der Waals surface area contributed by atoms with Crippen LogP contribution in [0.15, 0.2) is 23.2 Å². The lowest BCUT2D eigenvalue weighted by Crippen LogP contribution is -2.12. The van der Waals surface area contributed by atoms with E-state index < -0.39 is 6.10 Å². The molecule has 1 aromatic carbocycles. The lowest BCUT2D eigenvalue weighted by atomic mass is 10.2. The lowest BCUT2D eigenvalue weighted by Gasteiger charge is -2.01. The highest BCUT2D eigenvalue weighted by atomic mass is 35.5. The SMILES string of the molecule is O[C@H](CCl)CN=Cc1ccc(Cl)cc1Cl. The summed E-state index contributed by atoms with van der Waals surface area (Å²) in [6, 6.07) is 5.14. The molecule has 0 heterocycles. The van der Waals surface area contributed by atoms with Crippen molar-refractivity contribution in [3.63, 3.8) is 0 Å². The Morgan fingerprint density at radius 2 is 2.13 bits per heavy atom. The van der Waals surface area contributed by atoms with Gasteiger partial charge in [0.25, 0.3) is 0 Å². The van der Waals surface area contributed by atoms with Crippen LogP contribution in [0.4, 0.5) is 0 Å². The third-order valence-corrected chi connectivity index (χ3v) is 2.61. The van der Waals surface area contributed by atoms with E-state index in [2.05, 4.69) is 4.99 Å². The van der Waals surface area contributed by atoms with Crippen LogP contribution in [-0.4, -0.2) is 29.8 Å². The molecule has 0 amide bonds. The lowest BCUT2D eigenvalue weighted by molar-refractivity contribution is 0.207. The van der Waals surface area contributed by atoms with Gasteiger partial charge < -0.3 is 5.11 Å². The van der Waals surface area contributed by atoms with Crippen LogP contribution < -0.4 is 0 Å². The Balaban J connectivity index is 2.64. The summed E-state index contributed by atoms with van der Waals surface area (Å²) in [5, 5.41) is 10.3. The maximum atomic E-state index is 9.15. The number of hydrogen-bond donors (Lipinski definition) is 1. The van der Waals surface area contributed by atoms with Crippen LogP contribution in [0.25, 0.3) is 0 Å². The summed E-state index contributed by atoms with van der Waals surface area (Å²) < 4.78 is 0. The Kier molecular flexibility index (Phi) is 5.40. The first-order chi connectivity index (χ1) is 7.13. The van der Waals surface area contributed by atoms with E-state index in [1.807, 2.05) is 0 Å². The molecule has 1 N–H and O–H groups in total. The van der Waals surface area contributed by atoms with E-state index in [1.165, 1.54) is 0 Å². The average Bonchev–Trinajstić information content (AvgIpc) is 2.21. The van der Waals surface area contributed by atoms with E-state index in [4.69, 9.17) is 39.9 Å². The number of aliphatic hydroxyl groups is 1. The van der Waals surface area contributed by atoms with Gasteiger partial charge in [-0.1, -0.05) is 29.3 Å². The van der Waals surface area contributed by atoms with Crippen molar-refractivity contribution in [2.45, 2.75) is 6.10 Å². The van der Waals surface area contributed by atoms with Crippen molar-refractivity contribution in [2.75, 3.05) is 12.4 Å². The molecule has 1 atom stereocenters. The highest BCUT2D eigenvalue weighted by Gasteiger charge is 2.00. The maximum absolute atomic E-state index is 9.15. The Morgan fingerprint density at radius 3 is 2.73 bits per heavy atom. The number of aliphatic imine (C=N–C) groups is 1. The predicted octanol–water partition coefficient (Wildman–Crippen LogP) is 3.01. The number of nitrogens with zero attached hydrogens (tertiary/aromatic N) is 1. The van der Waals surface area contributed by atoms with Crippen LogP contribution in [0.2, 0.25) is 10.0 Å². The molecule has 0 spiro atoms. The van der Waals surface area contributed by atoms with E-state index in [0.29, 0.717) is 10.0 Å². The number of rotatable bonds is 4. The third-order valence-electron chi connectivity index (χ3n) is 1.69. The fourth-order valence-corrected chi connectivity index (χ4v) is 1.48. The monoisotopic (exact) mass is 265 g/mol. The van der Waals surface area contributed by atoms with Gasteiger partial charge in [-0.2, -0.15) is 0 Å². The minimum atomic E-state index is -0.617. The van der Waals surface area contributed by atoms with E-state index in [9.17, 15) is 0 Å². The molecule has 82 valence electrons. The summed E-state index contributed by atoms with van der Waals surface area (Å²) in [7, 11) is 0. The molecule has 5 heteroatoms. The second-order valence-corrected chi connectivity index (χ2v) is 4.12. The van der Waals surface area contributed by atoms with Gasteiger partial charge >= 0.3 is 0 Å². The number of hydrogen-bond acceptors (Lipinski definition) is 2. The van der Waals surface area contributed by atoms with Crippen LogP contribution in [0, 0.1) is 0 Å². The number of alkyl halides is 1. The van der Waals surface area contributed by atoms with Crippen molar-refractivity contribution in [1.82, 2.24) is 0 Å². The van der Waals surface area contributed by atoms with Crippen LogP contribution in [-0.2, 0) is 0 Å². The molecular formula is C10H10Cl3NO. The van der Waals surface area contributed by atoms with Crippen molar-refractivity contribution >= 4 is 41.0 Å². The first kappa shape index (κ1) is 12.8. The Labute approximate surface area is 103 Å². The zero-order valence-electron chi connectivity index (χ0n) is 7.83. The van der Waals surface area contributed by atoms with Gasteiger partial charge in [-0.3, -0.25) is 4.99 Å². The molecule has 0 aromatic heterocycles. The Bertz CT molecular complexity index is 355. The standard InChI is InChI=1S/C10H10Cl3NO/c11-4-9(15)6-14-5-7-1-2-8(12)3-10(7)13/h1-3,5,9,15H,4,6H2/t9-/m1/s1. The quantitative estimate of drug-likeness (QED) is 0.659. The van der Waals surface area contributed by atoms with Crippen LogP contribution >= 0.6 is 34.8 Å². The number of benzene rings is 1. The van der Waals surface area contributed by atoms with E-state index in [1.54, 1.807) is 24.4 Å². The molecule has 1 aromatic rings. The van der Waals surface area contributed by atoms with Crippen LogP contribution in [0.1, 0.15) is 5.56 Å². The minimum Gasteiger partial charge on any atom is -0.390 e. The summed E-state index contributed by atoms with van der Waals surface area (Å²) in [5.74, 6) is 0.172. The maximum Gasteiger partial charge on any atom is 0.0870 e. The van der Waals surface area contributed by atoms with Crippen molar-refractivity contribution < 1.29 is 5.11 Å². The van der Waals surface area contributed by atoms with Crippen molar-refractivity contribution in [2.24, 2.45) is 4.99 Å². The highest BCUT2D eigenvalue weighted by molar-refractivity contribution is 6.36. The third kappa shape index (κ3) is 4.39. The van der Waals surface area contributed by atoms with Crippen molar-refractivity contribution in [3.8, 4) is 0 Å². The second-order valence-electron chi connectivity index (χ2n) is 2.97. The van der Waals surface area contributed by atoms with E-state index >= 15 is 0 Å². The molecule has 1 rings (SSSR count). The molecule has 0 aliphatic heterocycles. The van der Waals surface area contributed by atoms with Crippen molar-refractivity contribution in [1.29, 1.82) is 0 Å². The average molecular weight is 267 g/mol. The molecule has 0 saturated heterocycles. The zero-order valence-corrected chi connectivity index (χ0v) is 10.1. The normalized spacial score (nSPS) is 13.3. The fraction of sp³-hybridized carbons (Fsp3) is 0.300. The summed E-state index contributed by atoms with van der Waals surface area (Å²) in [6.07, 6.45) is 0.975. The van der Waals surface area contributed by atoms with Gasteiger partial charge in [0, 0.05) is 16.8 Å². The summed E-state index contributed by atoms with van der Waals surface area (Å²) >= 11 is 17.1. The Hall–Kier alpha value is -0.280. The highest BCUT2D eigenvalue weighted by Crippen LogP contribution is 2.19. The van der Waals surface area contributed by atoms with E-state index in [-0.39, 0.29) is 12.4 Å². The molecule has 0 saturated carbocycles. The summed E-state index contributed by atoms with van der Waals surface area (Å²) in [6.45, 7) is 0.266. The first-order valence-electron chi connectivity index (χ1n) is 4.32. The second kappa shape index (κ2) is 6.33. The van der Waals surface area contributed by atoms with Gasteiger partial charge in [0.15, 0.2) is 0 Å². The first-order valence-corrected chi connectivity index (χ1v) is 5.61. The van der Waals surface area contributed by atoms with Gasteiger partial charge in [-0.25, -0.2) is 0 Å². The molecule has 0 aliphatic carbocycles. The molecule has 15 heavy (non-hydrogen) atoms. The minimum absolute atomic E-state index is 0.172. The molecule has 0 unspecified atom stereocenters. The summed E-state index contributed by atoms with van der Waals surface area (Å²) in [5.41, 5.74) is 0.767. The van der Waals surface area contributed by atoms with Gasteiger partial charge in [-0.15, -0.1) is 11.6 Å². The van der Waals surface area contributed by atoms with Crippen LogP contribution in [0.3, 0.4) is 0 Å². The number of aliphatic hydroxyl groups excluding tert-OH is 1. The molecular weight excluding hydrogens is 256 g/mol. The van der Waals surface area contributed by atoms with Gasteiger partial charge in [0.2, 0.25) is 0 Å². The van der Waals surface area contributed by atoms with Gasteiger partial charge in [-0.05, 0) is 12.1 Å². The zero-order chi connectivity index (χ0) is 11.3. The molecule has 0 aliphatic rings. The van der Waals surface area contributed by atoms with Gasteiger partial charge in [0.1, 0.15) is 0 Å². The molecule has 0 fully saturated rings. The fourth-order valence-electron chi connectivity index (χ4n) is 0.928. The van der Waals surface area contributed by atoms with Crippen LogP contribution in [0.5, 0.6) is 0 Å². The molecule has 0 bridgehead atoms. The van der Waals surface area contributed by atoms with E-state index in [0.717, 1.165) is 5.56 Å². The largest absolute Gasteiger partial charge is 0.390 e. The Morgan fingerprint density at radius 1 is 1.40 bits per heavy atom. The van der Waals surface area contributed by atoms with Gasteiger partial charge in [0.05, 0.1) is 23.6 Å². The predicted molar refractivity (Wildman–Crippen MR) is 65.6 cm³/mol. The topological polar surface area (TPSA) is 32.6 Å². The smallest absolute Gasteiger partial charge is 0.0870 e.